The zero-order valence-corrected chi connectivity index (χ0v) is 16.8. The summed E-state index contributed by atoms with van der Waals surface area (Å²) in [6.07, 6.45) is 14.7. The van der Waals surface area contributed by atoms with Gasteiger partial charge in [-0.1, -0.05) is 5.10 Å². The molecular formula is C22H31N6+. The topological polar surface area (TPSA) is 64.1 Å². The van der Waals surface area contributed by atoms with E-state index in [0.717, 1.165) is 11.7 Å². The molecule has 1 saturated heterocycles. The highest BCUT2D eigenvalue weighted by Crippen LogP contribution is 2.36. The van der Waals surface area contributed by atoms with Crippen molar-refractivity contribution in [2.24, 2.45) is 5.10 Å². The van der Waals surface area contributed by atoms with E-state index >= 15 is 0 Å². The molecule has 3 aliphatic rings. The van der Waals surface area contributed by atoms with Crippen molar-refractivity contribution < 1.29 is 5.43 Å². The molecule has 0 aromatic carbocycles. The van der Waals surface area contributed by atoms with Crippen molar-refractivity contribution in [1.29, 1.82) is 0 Å². The van der Waals surface area contributed by atoms with Gasteiger partial charge in [0.2, 0.25) is 0 Å². The number of H-pyrrole nitrogens is 1. The molecule has 2 aromatic rings. The van der Waals surface area contributed by atoms with Gasteiger partial charge in [0.1, 0.15) is 11.8 Å². The zero-order valence-electron chi connectivity index (χ0n) is 16.8. The minimum absolute atomic E-state index is 0.642. The van der Waals surface area contributed by atoms with Gasteiger partial charge < -0.3 is 9.88 Å². The number of aromatic amines is 1. The lowest BCUT2D eigenvalue weighted by atomic mass is 9.81. The number of likely N-dealkylation sites (N-methyl/N-ethyl adjacent to an activating group) is 1. The highest BCUT2D eigenvalue weighted by molar-refractivity contribution is 6.14. The van der Waals surface area contributed by atoms with E-state index in [1.165, 1.54) is 80.4 Å². The summed E-state index contributed by atoms with van der Waals surface area (Å²) in [4.78, 5) is 13.3. The molecule has 2 aliphatic heterocycles. The summed E-state index contributed by atoms with van der Waals surface area (Å²) in [6, 6.07) is 3.14. The van der Waals surface area contributed by atoms with E-state index < -0.39 is 0 Å². The van der Waals surface area contributed by atoms with Crippen LogP contribution >= 0.6 is 0 Å². The van der Waals surface area contributed by atoms with Crippen molar-refractivity contribution in [1.82, 2.24) is 19.8 Å². The molecule has 3 N–H and O–H groups in total. The van der Waals surface area contributed by atoms with E-state index in [4.69, 9.17) is 4.98 Å². The van der Waals surface area contributed by atoms with Gasteiger partial charge >= 0.3 is 0 Å². The lowest BCUT2D eigenvalue weighted by Crippen LogP contribution is -2.69. The number of aromatic nitrogens is 2. The van der Waals surface area contributed by atoms with Crippen LogP contribution in [0.3, 0.4) is 0 Å². The number of rotatable bonds is 3. The van der Waals surface area contributed by atoms with Gasteiger partial charge in [0, 0.05) is 42.5 Å². The first kappa shape index (κ1) is 18.0. The normalized spacial score (nSPS) is 27.2. The van der Waals surface area contributed by atoms with Gasteiger partial charge in [-0.05, 0) is 69.8 Å². The van der Waals surface area contributed by atoms with E-state index in [-0.39, 0.29) is 0 Å². The summed E-state index contributed by atoms with van der Waals surface area (Å²) in [6.45, 7) is 4.97. The van der Waals surface area contributed by atoms with Crippen molar-refractivity contribution in [3.05, 3.63) is 35.8 Å². The third-order valence-corrected chi connectivity index (χ3v) is 6.86. The lowest BCUT2D eigenvalue weighted by molar-refractivity contribution is -0.589. The molecule has 2 fully saturated rings. The van der Waals surface area contributed by atoms with Gasteiger partial charge in [-0.15, -0.1) is 0 Å². The van der Waals surface area contributed by atoms with E-state index in [1.807, 2.05) is 11.6 Å². The smallest absolute Gasteiger partial charge is 0.137 e. The van der Waals surface area contributed by atoms with E-state index in [9.17, 15) is 0 Å². The van der Waals surface area contributed by atoms with Gasteiger partial charge in [-0.25, -0.2) is 4.98 Å². The van der Waals surface area contributed by atoms with Crippen LogP contribution in [0, 0.1) is 0 Å². The first-order valence-electron chi connectivity index (χ1n) is 10.7. The standard InChI is InChI=1S/C22H30N6/c1-27-7-2-8-28(10-9-27)19-5-3-16(4-6-19)17-11-20-21(18-13-25-26-14-18)15-24-22(20)23-12-17/h11-16,19H,2-10H2,1H3,(H,23,24)(H,25,26)/p+1. The van der Waals surface area contributed by atoms with Crippen molar-refractivity contribution >= 4 is 22.8 Å². The largest absolute Gasteiger partial charge is 0.346 e. The third-order valence-electron chi connectivity index (χ3n) is 6.86. The molecular weight excluding hydrogens is 348 g/mol. The first-order chi connectivity index (χ1) is 13.8. The zero-order chi connectivity index (χ0) is 18.9. The highest BCUT2D eigenvalue weighted by atomic mass is 15.3. The predicted molar refractivity (Wildman–Crippen MR) is 113 cm³/mol. The second-order valence-electron chi connectivity index (χ2n) is 8.61. The maximum Gasteiger partial charge on any atom is 0.137 e. The summed E-state index contributed by atoms with van der Waals surface area (Å²) in [5.74, 6) is 0.642. The first-order valence-corrected chi connectivity index (χ1v) is 10.7. The van der Waals surface area contributed by atoms with Crippen LogP contribution < -0.4 is 5.43 Å². The number of quaternary nitrogens is 1. The number of fused-ring (bicyclic) bond motifs is 1. The Morgan fingerprint density at radius 1 is 1.11 bits per heavy atom. The van der Waals surface area contributed by atoms with Crippen LogP contribution in [-0.4, -0.2) is 65.3 Å². The van der Waals surface area contributed by atoms with Crippen LogP contribution in [0.25, 0.3) is 16.6 Å². The number of hydrogen-bond donors (Lipinski definition) is 2. The molecule has 4 heterocycles. The molecule has 28 heavy (non-hydrogen) atoms. The fourth-order valence-electron chi connectivity index (χ4n) is 5.14. The molecule has 0 unspecified atom stereocenters. The van der Waals surface area contributed by atoms with Gasteiger partial charge in [0.05, 0.1) is 11.8 Å². The molecule has 1 saturated carbocycles. The Bertz CT molecular complexity index is 890. The summed E-state index contributed by atoms with van der Waals surface area (Å²) in [5, 5.41) is 5.44. The van der Waals surface area contributed by atoms with Crippen molar-refractivity contribution in [2.45, 2.75) is 44.1 Å². The Balaban J connectivity index is 1.29. The number of hydrogen-bond acceptors (Lipinski definition) is 4. The maximum atomic E-state index is 4.72. The van der Waals surface area contributed by atoms with Crippen LogP contribution in [-0.2, 0) is 0 Å². The molecule has 148 valence electrons. The van der Waals surface area contributed by atoms with Gasteiger partial charge in [0.15, 0.2) is 0 Å². The quantitative estimate of drug-likeness (QED) is 0.803. The van der Waals surface area contributed by atoms with Crippen LogP contribution in [0.1, 0.15) is 49.1 Å². The summed E-state index contributed by atoms with van der Waals surface area (Å²) in [5.41, 5.74) is 6.61. The second kappa shape index (κ2) is 7.78. The Hall–Kier alpha value is -2.02. The minimum atomic E-state index is 0.642. The van der Waals surface area contributed by atoms with Crippen LogP contribution in [0.15, 0.2) is 29.8 Å². The van der Waals surface area contributed by atoms with Crippen molar-refractivity contribution in [3.8, 4) is 0 Å². The van der Waals surface area contributed by atoms with Crippen LogP contribution in [0.2, 0.25) is 0 Å². The molecule has 2 aromatic heterocycles. The Morgan fingerprint density at radius 2 is 2.00 bits per heavy atom. The molecule has 0 amide bonds. The number of nitrogens with zero attached hydrogens (tertiary/aromatic N) is 4. The highest BCUT2D eigenvalue weighted by Gasteiger charge is 2.28. The van der Waals surface area contributed by atoms with E-state index in [0.29, 0.717) is 5.92 Å². The summed E-state index contributed by atoms with van der Waals surface area (Å²) >= 11 is 0. The van der Waals surface area contributed by atoms with Crippen molar-refractivity contribution in [3.63, 3.8) is 0 Å². The summed E-state index contributed by atoms with van der Waals surface area (Å²) in [7, 11) is 2.25. The molecule has 1 aliphatic carbocycles. The van der Waals surface area contributed by atoms with Gasteiger partial charge in [0.25, 0.3) is 0 Å². The average Bonchev–Trinajstić information content (AvgIpc) is 3.35. The SMILES string of the molecule is CN1CCCN(C2CCC(c3cnc4[nH]cc(C5=C[NH2+]N=C5)c4c3)CC2)CC1. The molecule has 0 radical (unpaired) electrons. The number of nitrogens with two attached hydrogens (primary N) is 1. The van der Waals surface area contributed by atoms with Crippen LogP contribution in [0.5, 0.6) is 0 Å². The van der Waals surface area contributed by atoms with Gasteiger partial charge in [-0.2, -0.15) is 5.43 Å². The molecule has 6 nitrogen and oxygen atoms in total. The molecule has 5 rings (SSSR count). The average molecular weight is 380 g/mol. The number of pyridine rings is 1. The van der Waals surface area contributed by atoms with Gasteiger partial charge in [-0.3, -0.25) is 4.90 Å². The Morgan fingerprint density at radius 3 is 2.82 bits per heavy atom. The van der Waals surface area contributed by atoms with E-state index in [1.54, 1.807) is 0 Å². The molecule has 6 heteroatoms. The fraction of sp³-hybridized carbons (Fsp3) is 0.545. The third kappa shape index (κ3) is 3.52. The summed E-state index contributed by atoms with van der Waals surface area (Å²) < 4.78 is 0. The molecule has 0 spiro atoms. The fourth-order valence-corrected chi connectivity index (χ4v) is 5.14. The van der Waals surface area contributed by atoms with Crippen molar-refractivity contribution in [2.75, 3.05) is 33.2 Å². The predicted octanol–water partition coefficient (Wildman–Crippen LogP) is 2.13. The molecule has 0 atom stereocenters. The Kier molecular flexibility index (Phi) is 5.01. The second-order valence-corrected chi connectivity index (χ2v) is 8.61. The number of nitrogens with one attached hydrogen (secondary N) is 1. The lowest BCUT2D eigenvalue weighted by Gasteiger charge is -2.36. The minimum Gasteiger partial charge on any atom is -0.346 e. The van der Waals surface area contributed by atoms with E-state index in [2.05, 4.69) is 51.6 Å². The monoisotopic (exact) mass is 379 g/mol. The number of allylic oxidation sites excluding steroid dienone is 1. The maximum absolute atomic E-state index is 4.72. The molecule has 0 bridgehead atoms. The Labute approximate surface area is 166 Å². The van der Waals surface area contributed by atoms with Crippen LogP contribution in [0.4, 0.5) is 0 Å².